The maximum Gasteiger partial charge on any atom is 0.234 e. The highest BCUT2D eigenvalue weighted by Gasteiger charge is 2.14. The summed E-state index contributed by atoms with van der Waals surface area (Å²) in [5.41, 5.74) is 0.400. The molecule has 0 unspecified atom stereocenters. The Labute approximate surface area is 116 Å². The fourth-order valence-corrected chi connectivity index (χ4v) is 1.85. The van der Waals surface area contributed by atoms with E-state index in [9.17, 15) is 4.39 Å². The van der Waals surface area contributed by atoms with Crippen LogP contribution in [0.5, 0.6) is 11.6 Å². The Morgan fingerprint density at radius 2 is 2.05 bits per heavy atom. The van der Waals surface area contributed by atoms with Gasteiger partial charge in [-0.1, -0.05) is 17.7 Å². The quantitative estimate of drug-likeness (QED) is 0.734. The molecule has 1 N–H and O–H groups in total. The van der Waals surface area contributed by atoms with Crippen LogP contribution in [0.2, 0.25) is 10.3 Å². The number of aromatic amines is 1. The van der Waals surface area contributed by atoms with Crippen molar-refractivity contribution < 1.29 is 9.13 Å². The van der Waals surface area contributed by atoms with Crippen molar-refractivity contribution in [3.05, 3.63) is 40.5 Å². The van der Waals surface area contributed by atoms with Crippen LogP contribution in [-0.4, -0.2) is 20.2 Å². The minimum absolute atomic E-state index is 0.0332. The zero-order valence-electron chi connectivity index (χ0n) is 9.19. The molecule has 0 saturated carbocycles. The van der Waals surface area contributed by atoms with E-state index in [-0.39, 0.29) is 21.9 Å². The zero-order valence-corrected chi connectivity index (χ0v) is 10.7. The number of H-pyrrole nitrogens is 1. The summed E-state index contributed by atoms with van der Waals surface area (Å²) in [7, 11) is 0. The van der Waals surface area contributed by atoms with E-state index in [2.05, 4.69) is 20.2 Å². The minimum Gasteiger partial charge on any atom is -0.435 e. The second-order valence-electron chi connectivity index (χ2n) is 3.58. The molecule has 0 atom stereocenters. The van der Waals surface area contributed by atoms with E-state index < -0.39 is 5.82 Å². The van der Waals surface area contributed by atoms with Crippen LogP contribution in [-0.2, 0) is 0 Å². The van der Waals surface area contributed by atoms with Crippen molar-refractivity contribution in [1.82, 2.24) is 20.2 Å². The number of hydrogen-bond acceptors (Lipinski definition) is 4. The van der Waals surface area contributed by atoms with Crippen LogP contribution in [0.1, 0.15) is 0 Å². The lowest BCUT2D eigenvalue weighted by Gasteiger charge is -2.07. The normalized spacial score (nSPS) is 10.9. The van der Waals surface area contributed by atoms with Gasteiger partial charge >= 0.3 is 0 Å². The molecule has 1 aromatic carbocycles. The van der Waals surface area contributed by atoms with Gasteiger partial charge in [0.1, 0.15) is 5.39 Å². The fraction of sp³-hybridized carbons (Fsp3) is 0. The van der Waals surface area contributed by atoms with Crippen molar-refractivity contribution in [2.24, 2.45) is 0 Å². The molecule has 19 heavy (non-hydrogen) atoms. The average Bonchev–Trinajstić information content (AvgIpc) is 2.83. The first-order chi connectivity index (χ1) is 9.15. The summed E-state index contributed by atoms with van der Waals surface area (Å²) in [6.07, 6.45) is 1.46. The number of ether oxygens (including phenoxy) is 1. The summed E-state index contributed by atoms with van der Waals surface area (Å²) in [6.45, 7) is 0. The number of nitrogens with zero attached hydrogens (tertiary/aromatic N) is 3. The van der Waals surface area contributed by atoms with Crippen LogP contribution in [0, 0.1) is 5.82 Å². The van der Waals surface area contributed by atoms with E-state index in [1.54, 1.807) is 6.07 Å². The average molecular weight is 299 g/mol. The third kappa shape index (κ3) is 2.20. The molecule has 0 bridgehead atoms. The first kappa shape index (κ1) is 12.1. The Morgan fingerprint density at radius 3 is 2.89 bits per heavy atom. The molecule has 3 rings (SSSR count). The van der Waals surface area contributed by atoms with E-state index in [0.29, 0.717) is 11.0 Å². The molecule has 5 nitrogen and oxygen atoms in total. The molecule has 96 valence electrons. The highest BCUT2D eigenvalue weighted by molar-refractivity contribution is 6.30. The van der Waals surface area contributed by atoms with Gasteiger partial charge in [-0.2, -0.15) is 15.1 Å². The second-order valence-corrected chi connectivity index (χ2v) is 4.33. The molecule has 0 saturated heterocycles. The van der Waals surface area contributed by atoms with Gasteiger partial charge < -0.3 is 4.74 Å². The Morgan fingerprint density at radius 1 is 1.21 bits per heavy atom. The first-order valence-corrected chi connectivity index (χ1v) is 5.89. The number of fused-ring (bicyclic) bond motifs is 1. The molecule has 0 spiro atoms. The van der Waals surface area contributed by atoms with Crippen LogP contribution >= 0.6 is 23.2 Å². The van der Waals surface area contributed by atoms with Crippen LogP contribution < -0.4 is 4.74 Å². The number of halogens is 3. The Hall–Kier alpha value is -1.92. The van der Waals surface area contributed by atoms with Crippen LogP contribution in [0.3, 0.4) is 0 Å². The van der Waals surface area contributed by atoms with E-state index >= 15 is 0 Å². The Kier molecular flexibility index (Phi) is 2.96. The largest absolute Gasteiger partial charge is 0.435 e. The summed E-state index contributed by atoms with van der Waals surface area (Å²) >= 11 is 11.4. The smallest absolute Gasteiger partial charge is 0.234 e. The molecule has 0 fully saturated rings. The minimum atomic E-state index is -0.671. The van der Waals surface area contributed by atoms with E-state index in [0.717, 1.165) is 0 Å². The highest BCUT2D eigenvalue weighted by Crippen LogP contribution is 2.31. The monoisotopic (exact) mass is 298 g/mol. The van der Waals surface area contributed by atoms with Crippen LogP contribution in [0.4, 0.5) is 4.39 Å². The molecule has 2 heterocycles. The van der Waals surface area contributed by atoms with Crippen molar-refractivity contribution in [2.75, 3.05) is 0 Å². The fourth-order valence-electron chi connectivity index (χ4n) is 1.53. The molecule has 0 amide bonds. The summed E-state index contributed by atoms with van der Waals surface area (Å²) < 4.78 is 19.1. The summed E-state index contributed by atoms with van der Waals surface area (Å²) in [5.74, 6) is -0.620. The zero-order chi connectivity index (χ0) is 13.4. The standard InChI is InChI=1S/C11H5Cl2FN4O/c12-6-2-1-3-7(8(6)14)19-10-5-4-15-18-9(5)16-11(13)17-10/h1-4H,(H,15,16,17,18). The molecule has 0 aliphatic carbocycles. The summed E-state index contributed by atoms with van der Waals surface area (Å²) in [4.78, 5) is 7.82. The van der Waals surface area contributed by atoms with Gasteiger partial charge in [0, 0.05) is 0 Å². The number of aromatic nitrogens is 4. The Bertz CT molecular complexity index is 762. The topological polar surface area (TPSA) is 63.7 Å². The van der Waals surface area contributed by atoms with Crippen LogP contribution in [0.15, 0.2) is 24.4 Å². The molecule has 0 radical (unpaired) electrons. The SMILES string of the molecule is Fc1c(Cl)cccc1Oc1nc(Cl)nc2[nH]ncc12. The molecule has 8 heteroatoms. The van der Waals surface area contributed by atoms with E-state index in [1.807, 2.05) is 0 Å². The lowest BCUT2D eigenvalue weighted by molar-refractivity contribution is 0.432. The molecule has 2 aromatic heterocycles. The number of rotatable bonds is 2. The van der Waals surface area contributed by atoms with Gasteiger partial charge in [-0.05, 0) is 23.7 Å². The van der Waals surface area contributed by atoms with Crippen molar-refractivity contribution in [1.29, 1.82) is 0 Å². The van der Waals surface area contributed by atoms with Crippen molar-refractivity contribution in [3.63, 3.8) is 0 Å². The van der Waals surface area contributed by atoms with Crippen LogP contribution in [0.25, 0.3) is 11.0 Å². The van der Waals surface area contributed by atoms with Crippen molar-refractivity contribution in [3.8, 4) is 11.6 Å². The predicted molar refractivity (Wildman–Crippen MR) is 68.2 cm³/mol. The second kappa shape index (κ2) is 4.64. The predicted octanol–water partition coefficient (Wildman–Crippen LogP) is 3.59. The molecule has 0 aliphatic heterocycles. The number of hydrogen-bond donors (Lipinski definition) is 1. The van der Waals surface area contributed by atoms with Crippen molar-refractivity contribution in [2.45, 2.75) is 0 Å². The molecular weight excluding hydrogens is 294 g/mol. The molecule has 0 aliphatic rings. The number of nitrogens with one attached hydrogen (secondary N) is 1. The van der Waals surface area contributed by atoms with Gasteiger partial charge in [-0.15, -0.1) is 0 Å². The third-order valence-electron chi connectivity index (χ3n) is 2.37. The lowest BCUT2D eigenvalue weighted by Crippen LogP contribution is -1.94. The molecule has 3 aromatic rings. The van der Waals surface area contributed by atoms with Gasteiger partial charge in [-0.25, -0.2) is 4.39 Å². The summed E-state index contributed by atoms with van der Waals surface area (Å²) in [5, 5.41) is 6.84. The number of benzene rings is 1. The van der Waals surface area contributed by atoms with Gasteiger partial charge in [0.25, 0.3) is 0 Å². The Balaban J connectivity index is 2.10. The maximum atomic E-state index is 13.8. The third-order valence-corrected chi connectivity index (χ3v) is 2.83. The highest BCUT2D eigenvalue weighted by atomic mass is 35.5. The summed E-state index contributed by atoms with van der Waals surface area (Å²) in [6, 6.07) is 4.42. The van der Waals surface area contributed by atoms with E-state index in [4.69, 9.17) is 27.9 Å². The van der Waals surface area contributed by atoms with Crippen molar-refractivity contribution >= 4 is 34.2 Å². The van der Waals surface area contributed by atoms with Gasteiger partial charge in [-0.3, -0.25) is 5.10 Å². The molecular formula is C11H5Cl2FN4O. The van der Waals surface area contributed by atoms with Gasteiger partial charge in [0.15, 0.2) is 17.2 Å². The van der Waals surface area contributed by atoms with E-state index in [1.165, 1.54) is 18.3 Å². The lowest BCUT2D eigenvalue weighted by atomic mass is 10.3. The maximum absolute atomic E-state index is 13.8. The first-order valence-electron chi connectivity index (χ1n) is 5.13. The van der Waals surface area contributed by atoms with Gasteiger partial charge in [0.2, 0.25) is 11.2 Å². The van der Waals surface area contributed by atoms with Gasteiger partial charge in [0.05, 0.1) is 11.2 Å².